The first kappa shape index (κ1) is 20.3. The Labute approximate surface area is 168 Å². The number of benzene rings is 1. The molecule has 0 saturated carbocycles. The first-order valence-corrected chi connectivity index (χ1v) is 10.1. The third kappa shape index (κ3) is 5.32. The van der Waals surface area contributed by atoms with Gasteiger partial charge in [0.2, 0.25) is 0 Å². The van der Waals surface area contributed by atoms with Gasteiger partial charge < -0.3 is 9.64 Å². The zero-order valence-electron chi connectivity index (χ0n) is 17.0. The minimum atomic E-state index is -0.190. The molecule has 5 nitrogen and oxygen atoms in total. The fourth-order valence-corrected chi connectivity index (χ4v) is 4.00. The third-order valence-corrected chi connectivity index (χ3v) is 5.78. The Morgan fingerprint density at radius 1 is 1.07 bits per heavy atom. The molecule has 2 heterocycles. The summed E-state index contributed by atoms with van der Waals surface area (Å²) in [6, 6.07) is 16.4. The van der Waals surface area contributed by atoms with Crippen LogP contribution in [0.15, 0.2) is 54.7 Å². The Kier molecular flexibility index (Phi) is 7.04. The van der Waals surface area contributed by atoms with Crippen molar-refractivity contribution in [1.29, 1.82) is 0 Å². The molecule has 150 valence electrons. The van der Waals surface area contributed by atoms with Gasteiger partial charge in [-0.1, -0.05) is 43.3 Å². The van der Waals surface area contributed by atoms with Crippen molar-refractivity contribution in [3.63, 3.8) is 0 Å². The lowest BCUT2D eigenvalue weighted by Gasteiger charge is -2.36. The maximum absolute atomic E-state index is 12.0. The van der Waals surface area contributed by atoms with Gasteiger partial charge in [0.15, 0.2) is 0 Å². The van der Waals surface area contributed by atoms with Crippen LogP contribution >= 0.6 is 0 Å². The van der Waals surface area contributed by atoms with E-state index in [9.17, 15) is 4.79 Å². The highest BCUT2D eigenvalue weighted by molar-refractivity contribution is 5.71. The molecule has 3 rings (SSSR count). The van der Waals surface area contributed by atoms with Gasteiger partial charge in [0.05, 0.1) is 13.5 Å². The summed E-state index contributed by atoms with van der Waals surface area (Å²) in [5, 5.41) is 0. The number of aromatic nitrogens is 1. The molecule has 1 unspecified atom stereocenters. The molecule has 1 atom stereocenters. The van der Waals surface area contributed by atoms with Crippen LogP contribution in [-0.4, -0.2) is 55.7 Å². The molecule has 1 aromatic carbocycles. The highest BCUT2D eigenvalue weighted by atomic mass is 16.5. The summed E-state index contributed by atoms with van der Waals surface area (Å²) in [7, 11) is 1.47. The molecule has 1 fully saturated rings. The van der Waals surface area contributed by atoms with Crippen LogP contribution in [0.25, 0.3) is 0 Å². The minimum Gasteiger partial charge on any atom is -0.469 e. The van der Waals surface area contributed by atoms with Crippen LogP contribution in [0.5, 0.6) is 0 Å². The maximum atomic E-state index is 12.0. The summed E-state index contributed by atoms with van der Waals surface area (Å²) in [6.45, 7) is 7.35. The second-order valence-electron chi connectivity index (χ2n) is 7.80. The van der Waals surface area contributed by atoms with Crippen LogP contribution in [0.4, 0.5) is 5.82 Å². The van der Waals surface area contributed by atoms with E-state index in [0.717, 1.165) is 51.4 Å². The van der Waals surface area contributed by atoms with E-state index in [2.05, 4.69) is 39.9 Å². The molecule has 1 aliphatic rings. The number of esters is 1. The van der Waals surface area contributed by atoms with Gasteiger partial charge in [0, 0.05) is 37.8 Å². The molecule has 5 heteroatoms. The smallest absolute Gasteiger partial charge is 0.306 e. The van der Waals surface area contributed by atoms with Gasteiger partial charge in [0.1, 0.15) is 5.82 Å². The number of hydrogen-bond donors (Lipinski definition) is 0. The molecule has 0 amide bonds. The van der Waals surface area contributed by atoms with E-state index in [1.807, 2.05) is 36.5 Å². The average Bonchev–Trinajstić information content (AvgIpc) is 2.75. The van der Waals surface area contributed by atoms with Crippen molar-refractivity contribution in [1.82, 2.24) is 9.88 Å². The number of rotatable bonds is 8. The molecule has 1 saturated heterocycles. The lowest BCUT2D eigenvalue weighted by molar-refractivity contribution is -0.142. The highest BCUT2D eigenvalue weighted by Gasteiger charge is 2.30. The SMILES string of the molecule is COC(=O)CC(C)(CCCN1CCN(c2ccccn2)CC1)c1ccccc1. The zero-order valence-corrected chi connectivity index (χ0v) is 17.0. The molecule has 28 heavy (non-hydrogen) atoms. The molecule has 0 N–H and O–H groups in total. The van der Waals surface area contributed by atoms with Crippen molar-refractivity contribution in [2.24, 2.45) is 0 Å². The minimum absolute atomic E-state index is 0.143. The number of piperazine rings is 1. The summed E-state index contributed by atoms with van der Waals surface area (Å²) >= 11 is 0. The van der Waals surface area contributed by atoms with Gasteiger partial charge >= 0.3 is 5.97 Å². The fraction of sp³-hybridized carbons (Fsp3) is 0.478. The number of carbonyl (C=O) groups is 1. The largest absolute Gasteiger partial charge is 0.469 e. The van der Waals surface area contributed by atoms with E-state index in [4.69, 9.17) is 4.74 Å². The highest BCUT2D eigenvalue weighted by Crippen LogP contribution is 2.33. The van der Waals surface area contributed by atoms with Gasteiger partial charge in [-0.3, -0.25) is 9.69 Å². The van der Waals surface area contributed by atoms with E-state index in [0.29, 0.717) is 6.42 Å². The normalized spacial score (nSPS) is 17.1. The van der Waals surface area contributed by atoms with Gasteiger partial charge in [-0.15, -0.1) is 0 Å². The number of anilines is 1. The first-order chi connectivity index (χ1) is 13.6. The summed E-state index contributed by atoms with van der Waals surface area (Å²) in [6.07, 6.45) is 4.30. The first-order valence-electron chi connectivity index (χ1n) is 10.1. The van der Waals surface area contributed by atoms with E-state index in [1.54, 1.807) is 0 Å². The summed E-state index contributed by atoms with van der Waals surface area (Å²) in [4.78, 5) is 21.3. The molecule has 0 bridgehead atoms. The Bertz CT molecular complexity index is 730. The Hall–Kier alpha value is -2.40. The lowest BCUT2D eigenvalue weighted by Crippen LogP contribution is -2.47. The molecule has 1 aliphatic heterocycles. The van der Waals surface area contributed by atoms with E-state index in [1.165, 1.54) is 12.7 Å². The molecule has 0 radical (unpaired) electrons. The van der Waals surface area contributed by atoms with Crippen molar-refractivity contribution in [3.05, 3.63) is 60.3 Å². The lowest BCUT2D eigenvalue weighted by atomic mass is 9.76. The quantitative estimate of drug-likeness (QED) is 0.655. The van der Waals surface area contributed by atoms with Gasteiger partial charge in [-0.2, -0.15) is 0 Å². The van der Waals surface area contributed by atoms with Crippen LogP contribution < -0.4 is 4.90 Å². The van der Waals surface area contributed by atoms with Crippen molar-refractivity contribution in [2.75, 3.05) is 44.7 Å². The van der Waals surface area contributed by atoms with Crippen LogP contribution in [0.3, 0.4) is 0 Å². The molecule has 2 aromatic rings. The fourth-order valence-electron chi connectivity index (χ4n) is 4.00. The van der Waals surface area contributed by atoms with E-state index >= 15 is 0 Å². The second-order valence-corrected chi connectivity index (χ2v) is 7.80. The number of nitrogens with zero attached hydrogens (tertiary/aromatic N) is 3. The number of ether oxygens (including phenoxy) is 1. The predicted octanol–water partition coefficient (Wildman–Crippen LogP) is 3.50. The van der Waals surface area contributed by atoms with Crippen molar-refractivity contribution < 1.29 is 9.53 Å². The van der Waals surface area contributed by atoms with Crippen LogP contribution in [0, 0.1) is 0 Å². The summed E-state index contributed by atoms with van der Waals surface area (Å²) in [5.74, 6) is 0.923. The number of carbonyl (C=O) groups excluding carboxylic acids is 1. The standard InChI is InChI=1S/C23H31N3O2/c1-23(19-22(27)28-2,20-9-4-3-5-10-20)12-8-14-25-15-17-26(18-16-25)21-11-6-7-13-24-21/h3-7,9-11,13H,8,12,14-19H2,1-2H3. The van der Waals surface area contributed by atoms with Gasteiger partial charge in [-0.25, -0.2) is 4.98 Å². The molecular formula is C23H31N3O2. The number of pyridine rings is 1. The molecule has 1 aromatic heterocycles. The molecular weight excluding hydrogens is 350 g/mol. The van der Waals surface area contributed by atoms with Crippen LogP contribution in [-0.2, 0) is 14.9 Å². The number of hydrogen-bond acceptors (Lipinski definition) is 5. The summed E-state index contributed by atoms with van der Waals surface area (Å²) in [5.41, 5.74) is 1.02. The molecule has 0 spiro atoms. The van der Waals surface area contributed by atoms with Gasteiger partial charge in [0.25, 0.3) is 0 Å². The van der Waals surface area contributed by atoms with Crippen LogP contribution in [0.1, 0.15) is 31.7 Å². The monoisotopic (exact) mass is 381 g/mol. The van der Waals surface area contributed by atoms with Crippen molar-refractivity contribution in [2.45, 2.75) is 31.6 Å². The van der Waals surface area contributed by atoms with Crippen molar-refractivity contribution >= 4 is 11.8 Å². The third-order valence-electron chi connectivity index (χ3n) is 5.78. The average molecular weight is 382 g/mol. The second kappa shape index (κ2) is 9.69. The van der Waals surface area contributed by atoms with Crippen LogP contribution in [0.2, 0.25) is 0 Å². The Morgan fingerprint density at radius 2 is 1.79 bits per heavy atom. The van der Waals surface area contributed by atoms with E-state index in [-0.39, 0.29) is 11.4 Å². The maximum Gasteiger partial charge on any atom is 0.306 e. The summed E-state index contributed by atoms with van der Waals surface area (Å²) < 4.78 is 4.96. The molecule has 0 aliphatic carbocycles. The van der Waals surface area contributed by atoms with Gasteiger partial charge in [-0.05, 0) is 37.1 Å². The predicted molar refractivity (Wildman–Crippen MR) is 113 cm³/mol. The van der Waals surface area contributed by atoms with E-state index < -0.39 is 0 Å². The van der Waals surface area contributed by atoms with Crippen molar-refractivity contribution in [3.8, 4) is 0 Å². The Balaban J connectivity index is 1.51. The number of methoxy groups -OCH3 is 1. The zero-order chi connectivity index (χ0) is 19.8. The topological polar surface area (TPSA) is 45.7 Å². The Morgan fingerprint density at radius 3 is 2.43 bits per heavy atom.